The molecule has 34 heavy (non-hydrogen) atoms. The summed E-state index contributed by atoms with van der Waals surface area (Å²) in [6.45, 7) is 0.360. The zero-order valence-corrected chi connectivity index (χ0v) is 19.8. The topological polar surface area (TPSA) is 123 Å². The van der Waals surface area contributed by atoms with Gasteiger partial charge in [-0.1, -0.05) is 12.1 Å². The fraction of sp³-hybridized carbons (Fsp3) is 0.417. The van der Waals surface area contributed by atoms with Gasteiger partial charge in [-0.2, -0.15) is 0 Å². The van der Waals surface area contributed by atoms with Gasteiger partial charge < -0.3 is 20.1 Å². The van der Waals surface area contributed by atoms with Crippen LogP contribution in [0.3, 0.4) is 0 Å². The summed E-state index contributed by atoms with van der Waals surface area (Å²) in [5, 5.41) is 5.68. The maximum atomic E-state index is 12.6. The Kier molecular flexibility index (Phi) is 7.38. The Balaban J connectivity index is 1.28. The summed E-state index contributed by atoms with van der Waals surface area (Å²) in [5.41, 5.74) is 1.23. The van der Waals surface area contributed by atoms with Crippen LogP contribution in [0.25, 0.3) is 0 Å². The molecule has 2 saturated carbocycles. The number of methoxy groups -OCH3 is 1. The Morgan fingerprint density at radius 1 is 1.00 bits per heavy atom. The van der Waals surface area contributed by atoms with E-state index in [9.17, 15) is 18.0 Å². The molecule has 2 aromatic rings. The zero-order valence-electron chi connectivity index (χ0n) is 19.0. The van der Waals surface area contributed by atoms with E-state index in [2.05, 4.69) is 15.4 Å². The minimum Gasteiger partial charge on any atom is -0.495 e. The van der Waals surface area contributed by atoms with E-state index in [0.717, 1.165) is 31.2 Å². The molecule has 3 N–H and O–H groups in total. The molecule has 2 aliphatic rings. The van der Waals surface area contributed by atoms with E-state index in [0.29, 0.717) is 24.8 Å². The summed E-state index contributed by atoms with van der Waals surface area (Å²) in [6, 6.07) is 11.9. The molecule has 0 aromatic heterocycles. The number of nitrogens with one attached hydrogen (secondary N) is 3. The molecule has 0 heterocycles. The van der Waals surface area contributed by atoms with E-state index in [4.69, 9.17) is 9.47 Å². The van der Waals surface area contributed by atoms with Gasteiger partial charge >= 0.3 is 0 Å². The first-order valence-electron chi connectivity index (χ1n) is 11.3. The third-order valence-corrected chi connectivity index (χ3v) is 7.09. The predicted molar refractivity (Wildman–Crippen MR) is 125 cm³/mol. The Hall–Kier alpha value is -3.11. The lowest BCUT2D eigenvalue weighted by Gasteiger charge is -2.12. The lowest BCUT2D eigenvalue weighted by atomic mass is 10.1. The van der Waals surface area contributed by atoms with Crippen molar-refractivity contribution in [1.29, 1.82) is 0 Å². The van der Waals surface area contributed by atoms with Gasteiger partial charge in [-0.25, -0.2) is 13.1 Å². The average molecular weight is 488 g/mol. The smallest absolute Gasteiger partial charge is 0.258 e. The average Bonchev–Trinajstić information content (AvgIpc) is 3.76. The number of benzene rings is 2. The van der Waals surface area contributed by atoms with Crippen LogP contribution >= 0.6 is 0 Å². The minimum atomic E-state index is -3.77. The van der Waals surface area contributed by atoms with Crippen LogP contribution in [0, 0.1) is 0 Å². The van der Waals surface area contributed by atoms with Crippen molar-refractivity contribution in [3.8, 4) is 11.5 Å². The van der Waals surface area contributed by atoms with Crippen LogP contribution in [-0.2, 0) is 21.2 Å². The van der Waals surface area contributed by atoms with Crippen molar-refractivity contribution >= 4 is 21.8 Å². The van der Waals surface area contributed by atoms with E-state index in [1.807, 2.05) is 12.1 Å². The van der Waals surface area contributed by atoms with Crippen molar-refractivity contribution in [2.75, 3.05) is 20.3 Å². The summed E-state index contributed by atoms with van der Waals surface area (Å²) in [7, 11) is -2.38. The van der Waals surface area contributed by atoms with Crippen LogP contribution in [0.1, 0.15) is 41.6 Å². The Bertz CT molecular complexity index is 1140. The number of carbonyl (C=O) groups excluding carboxylic acids is 2. The number of sulfonamides is 1. The molecule has 0 aliphatic heterocycles. The molecule has 9 nitrogen and oxygen atoms in total. The molecular weight excluding hydrogens is 458 g/mol. The lowest BCUT2D eigenvalue weighted by molar-refractivity contribution is -0.123. The summed E-state index contributed by atoms with van der Waals surface area (Å²) in [5.74, 6) is 0.307. The van der Waals surface area contributed by atoms with Crippen molar-refractivity contribution in [3.05, 3.63) is 53.6 Å². The first-order chi connectivity index (χ1) is 16.3. The molecule has 0 radical (unpaired) electrons. The molecule has 0 unspecified atom stereocenters. The van der Waals surface area contributed by atoms with E-state index >= 15 is 0 Å². The quantitative estimate of drug-likeness (QED) is 0.419. The molecule has 0 atom stereocenters. The largest absolute Gasteiger partial charge is 0.495 e. The standard InChI is InChI=1S/C24H29N3O6S/c1-32-21-11-4-17(14-22(21)34(30,31)27-19-7-8-19)24(29)25-13-12-16-2-9-20(10-3-16)33-15-23(28)26-18-5-6-18/h2-4,9-11,14,18-19,27H,5-8,12-13,15H2,1H3,(H,25,29)(H,26,28). The second-order valence-corrected chi connectivity index (χ2v) is 10.2. The predicted octanol–water partition coefficient (Wildman–Crippen LogP) is 1.77. The number of hydrogen-bond acceptors (Lipinski definition) is 6. The number of ether oxygens (including phenoxy) is 2. The Morgan fingerprint density at radius 3 is 2.35 bits per heavy atom. The summed E-state index contributed by atoms with van der Waals surface area (Å²) >= 11 is 0. The molecule has 0 saturated heterocycles. The van der Waals surface area contributed by atoms with E-state index in [1.54, 1.807) is 12.1 Å². The second-order valence-electron chi connectivity index (χ2n) is 8.54. The van der Waals surface area contributed by atoms with Gasteiger partial charge in [0, 0.05) is 24.2 Å². The fourth-order valence-electron chi connectivity index (χ4n) is 3.33. The van der Waals surface area contributed by atoms with Crippen LogP contribution < -0.4 is 24.8 Å². The Labute approximate surface area is 199 Å². The maximum absolute atomic E-state index is 12.6. The maximum Gasteiger partial charge on any atom is 0.258 e. The molecule has 0 spiro atoms. The molecule has 182 valence electrons. The van der Waals surface area contributed by atoms with Gasteiger partial charge in [0.05, 0.1) is 7.11 Å². The highest BCUT2D eigenvalue weighted by Crippen LogP contribution is 2.28. The van der Waals surface area contributed by atoms with Crippen molar-refractivity contribution in [3.63, 3.8) is 0 Å². The first kappa shape index (κ1) is 24.0. The highest BCUT2D eigenvalue weighted by molar-refractivity contribution is 7.89. The molecular formula is C24H29N3O6S. The number of rotatable bonds is 12. The normalized spacial score (nSPS) is 15.4. The van der Waals surface area contributed by atoms with Gasteiger partial charge in [-0.3, -0.25) is 9.59 Å². The third-order valence-electron chi connectivity index (χ3n) is 5.55. The Morgan fingerprint density at radius 2 is 1.71 bits per heavy atom. The van der Waals surface area contributed by atoms with Gasteiger partial charge in [-0.05, 0) is 68.0 Å². The number of amides is 2. The summed E-state index contributed by atoms with van der Waals surface area (Å²) < 4.78 is 38.6. The number of hydrogen-bond donors (Lipinski definition) is 3. The van der Waals surface area contributed by atoms with Crippen LogP contribution in [0.2, 0.25) is 0 Å². The summed E-state index contributed by atoms with van der Waals surface area (Å²) in [4.78, 5) is 24.3. The highest BCUT2D eigenvalue weighted by atomic mass is 32.2. The molecule has 10 heteroatoms. The molecule has 2 amide bonds. The van der Waals surface area contributed by atoms with Crippen molar-refractivity contribution in [2.24, 2.45) is 0 Å². The zero-order chi connectivity index (χ0) is 24.1. The second kappa shape index (κ2) is 10.4. The van der Waals surface area contributed by atoms with E-state index < -0.39 is 10.0 Å². The molecule has 2 aromatic carbocycles. The van der Waals surface area contributed by atoms with Gasteiger partial charge in [-0.15, -0.1) is 0 Å². The summed E-state index contributed by atoms with van der Waals surface area (Å²) in [6.07, 6.45) is 4.27. The van der Waals surface area contributed by atoms with Crippen LogP contribution in [0.4, 0.5) is 0 Å². The lowest BCUT2D eigenvalue weighted by Crippen LogP contribution is -2.30. The van der Waals surface area contributed by atoms with Gasteiger partial charge in [0.2, 0.25) is 10.0 Å². The minimum absolute atomic E-state index is 0.0123. The first-order valence-corrected chi connectivity index (χ1v) is 12.8. The molecule has 4 rings (SSSR count). The molecule has 2 aliphatic carbocycles. The van der Waals surface area contributed by atoms with Gasteiger partial charge in [0.25, 0.3) is 11.8 Å². The monoisotopic (exact) mass is 487 g/mol. The third kappa shape index (κ3) is 6.71. The SMILES string of the molecule is COc1ccc(C(=O)NCCc2ccc(OCC(=O)NC3CC3)cc2)cc1S(=O)(=O)NC1CC1. The van der Waals surface area contributed by atoms with Gasteiger partial charge in [0.15, 0.2) is 6.61 Å². The highest BCUT2D eigenvalue weighted by Gasteiger charge is 2.30. The van der Waals surface area contributed by atoms with Crippen molar-refractivity contribution in [1.82, 2.24) is 15.4 Å². The van der Waals surface area contributed by atoms with Crippen LogP contribution in [0.5, 0.6) is 11.5 Å². The van der Waals surface area contributed by atoms with E-state index in [1.165, 1.54) is 25.3 Å². The number of carbonyl (C=O) groups is 2. The molecule has 2 fully saturated rings. The molecule has 0 bridgehead atoms. The van der Waals surface area contributed by atoms with Crippen molar-refractivity contribution < 1.29 is 27.5 Å². The van der Waals surface area contributed by atoms with E-state index in [-0.39, 0.29) is 40.7 Å². The van der Waals surface area contributed by atoms with Crippen LogP contribution in [-0.4, -0.2) is 52.6 Å². The fourth-order valence-corrected chi connectivity index (χ4v) is 4.83. The van der Waals surface area contributed by atoms with Crippen molar-refractivity contribution in [2.45, 2.75) is 49.1 Å². The van der Waals surface area contributed by atoms with Gasteiger partial charge in [0.1, 0.15) is 16.4 Å². The van der Waals surface area contributed by atoms with Crippen LogP contribution in [0.15, 0.2) is 47.4 Å².